The number of aliphatic hydroxyl groups is 1. The van der Waals surface area contributed by atoms with Crippen LogP contribution in [0, 0.1) is 0 Å². The van der Waals surface area contributed by atoms with E-state index in [0.29, 0.717) is 6.42 Å². The minimum Gasteiger partial charge on any atom is -0.389 e. The van der Waals surface area contributed by atoms with E-state index < -0.39 is 6.10 Å². The van der Waals surface area contributed by atoms with Gasteiger partial charge in [-0.2, -0.15) is 0 Å². The molecule has 1 unspecified atom stereocenters. The lowest BCUT2D eigenvalue weighted by Gasteiger charge is -2.13. The molecule has 1 N–H and O–H groups in total. The molecule has 1 aliphatic carbocycles. The van der Waals surface area contributed by atoms with Crippen LogP contribution < -0.4 is 0 Å². The summed E-state index contributed by atoms with van der Waals surface area (Å²) in [5.74, 6) is 0. The molecule has 0 fully saturated rings. The summed E-state index contributed by atoms with van der Waals surface area (Å²) < 4.78 is 0. The topological polar surface area (TPSA) is 46.0 Å². The average molecular weight is 198 g/mol. The van der Waals surface area contributed by atoms with E-state index in [-0.39, 0.29) is 0 Å². The van der Waals surface area contributed by atoms with Crippen LogP contribution >= 0.6 is 0 Å². The molecule has 2 aromatic rings. The van der Waals surface area contributed by atoms with Gasteiger partial charge in [0.15, 0.2) is 0 Å². The number of aliphatic hydroxyl groups excluding tert-OH is 1. The number of para-hydroxylation sites is 2. The van der Waals surface area contributed by atoms with Crippen molar-refractivity contribution >= 4 is 17.1 Å². The third kappa shape index (κ3) is 1.41. The smallest absolute Gasteiger partial charge is 0.0894 e. The van der Waals surface area contributed by atoms with Crippen LogP contribution in [0.3, 0.4) is 0 Å². The number of fused-ring (bicyclic) bond motifs is 2. The van der Waals surface area contributed by atoms with E-state index in [1.54, 1.807) is 6.08 Å². The Labute approximate surface area is 87.1 Å². The average Bonchev–Trinajstić information content (AvgIpc) is 2.26. The molecule has 0 bridgehead atoms. The predicted molar refractivity (Wildman–Crippen MR) is 58.3 cm³/mol. The van der Waals surface area contributed by atoms with Crippen molar-refractivity contribution in [2.75, 3.05) is 0 Å². The molecule has 0 saturated heterocycles. The molecule has 0 radical (unpaired) electrons. The number of rotatable bonds is 0. The lowest BCUT2D eigenvalue weighted by atomic mass is 10.0. The maximum absolute atomic E-state index is 9.47. The van der Waals surface area contributed by atoms with Crippen molar-refractivity contribution in [3.63, 3.8) is 0 Å². The highest BCUT2D eigenvalue weighted by Gasteiger charge is 2.14. The molecule has 0 spiro atoms. The van der Waals surface area contributed by atoms with Crippen LogP contribution in [0.25, 0.3) is 17.1 Å². The summed E-state index contributed by atoms with van der Waals surface area (Å²) in [6.07, 6.45) is 3.73. The largest absolute Gasteiger partial charge is 0.389 e. The van der Waals surface area contributed by atoms with Crippen molar-refractivity contribution in [1.29, 1.82) is 0 Å². The van der Waals surface area contributed by atoms with Crippen LogP contribution in [0.15, 0.2) is 30.3 Å². The molecule has 1 heterocycles. The Morgan fingerprint density at radius 3 is 2.67 bits per heavy atom. The molecular formula is C12H10N2O. The standard InChI is InChI=1S/C12H10N2O/c15-8-5-6-11-12(7-8)14-10-4-2-1-3-9(10)13-11/h1-6,8,15H,7H2. The lowest BCUT2D eigenvalue weighted by molar-refractivity contribution is 0.221. The van der Waals surface area contributed by atoms with Gasteiger partial charge in [0.2, 0.25) is 0 Å². The van der Waals surface area contributed by atoms with E-state index in [9.17, 15) is 5.11 Å². The van der Waals surface area contributed by atoms with E-state index >= 15 is 0 Å². The summed E-state index contributed by atoms with van der Waals surface area (Å²) in [6.45, 7) is 0. The summed E-state index contributed by atoms with van der Waals surface area (Å²) in [5.41, 5.74) is 3.54. The molecule has 3 nitrogen and oxygen atoms in total. The summed E-state index contributed by atoms with van der Waals surface area (Å²) in [6, 6.07) is 7.78. The van der Waals surface area contributed by atoms with Gasteiger partial charge >= 0.3 is 0 Å². The van der Waals surface area contributed by atoms with Gasteiger partial charge in [0.1, 0.15) is 0 Å². The van der Waals surface area contributed by atoms with Gasteiger partial charge < -0.3 is 5.11 Å². The maximum atomic E-state index is 9.47. The van der Waals surface area contributed by atoms with Gasteiger partial charge in [0.25, 0.3) is 0 Å². The summed E-state index contributed by atoms with van der Waals surface area (Å²) in [7, 11) is 0. The van der Waals surface area contributed by atoms with Gasteiger partial charge in [-0.05, 0) is 18.2 Å². The van der Waals surface area contributed by atoms with E-state index in [2.05, 4.69) is 9.97 Å². The van der Waals surface area contributed by atoms with Gasteiger partial charge in [0.05, 0.1) is 28.5 Å². The number of benzene rings is 1. The monoisotopic (exact) mass is 198 g/mol. The maximum Gasteiger partial charge on any atom is 0.0894 e. The fraction of sp³-hybridized carbons (Fsp3) is 0.167. The molecule has 74 valence electrons. The number of nitrogens with zero attached hydrogens (tertiary/aromatic N) is 2. The van der Waals surface area contributed by atoms with Crippen molar-refractivity contribution in [3.8, 4) is 0 Å². The minimum absolute atomic E-state index is 0.423. The van der Waals surface area contributed by atoms with Crippen molar-refractivity contribution in [2.24, 2.45) is 0 Å². The van der Waals surface area contributed by atoms with Crippen molar-refractivity contribution < 1.29 is 5.11 Å². The highest BCUT2D eigenvalue weighted by Crippen LogP contribution is 2.19. The first-order valence-electron chi connectivity index (χ1n) is 4.95. The van der Waals surface area contributed by atoms with Crippen molar-refractivity contribution in [1.82, 2.24) is 9.97 Å². The lowest BCUT2D eigenvalue weighted by Crippen LogP contribution is -2.14. The normalized spacial score (nSPS) is 19.1. The Hall–Kier alpha value is -1.74. The first-order chi connectivity index (χ1) is 7.33. The van der Waals surface area contributed by atoms with Gasteiger partial charge in [-0.25, -0.2) is 9.97 Å². The van der Waals surface area contributed by atoms with Crippen LogP contribution in [0.2, 0.25) is 0 Å². The molecule has 1 atom stereocenters. The van der Waals surface area contributed by atoms with E-state index in [1.165, 1.54) is 0 Å². The second-order valence-corrected chi connectivity index (χ2v) is 3.67. The summed E-state index contributed by atoms with van der Waals surface area (Å²) >= 11 is 0. The van der Waals surface area contributed by atoms with Crippen LogP contribution in [0.5, 0.6) is 0 Å². The second-order valence-electron chi connectivity index (χ2n) is 3.67. The van der Waals surface area contributed by atoms with Crippen LogP contribution in [0.1, 0.15) is 11.4 Å². The van der Waals surface area contributed by atoms with E-state index in [1.807, 2.05) is 30.3 Å². The Bertz CT molecular complexity index is 548. The quantitative estimate of drug-likeness (QED) is 0.698. The Kier molecular flexibility index (Phi) is 1.79. The van der Waals surface area contributed by atoms with Gasteiger partial charge in [-0.15, -0.1) is 0 Å². The van der Waals surface area contributed by atoms with Crippen molar-refractivity contribution in [3.05, 3.63) is 41.7 Å². The van der Waals surface area contributed by atoms with Gasteiger partial charge in [-0.1, -0.05) is 18.2 Å². The highest BCUT2D eigenvalue weighted by atomic mass is 16.3. The molecule has 1 aliphatic rings. The molecule has 0 aliphatic heterocycles. The SMILES string of the molecule is OC1C=Cc2nc3ccccc3nc2C1. The Morgan fingerprint density at radius 1 is 1.13 bits per heavy atom. The Balaban J connectivity index is 2.26. The molecule has 0 amide bonds. The third-order valence-corrected chi connectivity index (χ3v) is 2.55. The summed E-state index contributed by atoms with van der Waals surface area (Å²) in [4.78, 5) is 8.98. The van der Waals surface area contributed by atoms with Crippen molar-refractivity contribution in [2.45, 2.75) is 12.5 Å². The van der Waals surface area contributed by atoms with Crippen LogP contribution in [0.4, 0.5) is 0 Å². The fourth-order valence-corrected chi connectivity index (χ4v) is 1.80. The van der Waals surface area contributed by atoms with E-state index in [0.717, 1.165) is 22.4 Å². The van der Waals surface area contributed by atoms with Gasteiger partial charge in [-0.3, -0.25) is 0 Å². The van der Waals surface area contributed by atoms with Crippen LogP contribution in [-0.4, -0.2) is 21.2 Å². The first kappa shape index (κ1) is 8.56. The minimum atomic E-state index is -0.423. The van der Waals surface area contributed by atoms with Gasteiger partial charge in [0, 0.05) is 6.42 Å². The number of hydrogen-bond acceptors (Lipinski definition) is 3. The molecular weight excluding hydrogens is 188 g/mol. The molecule has 1 aromatic heterocycles. The molecule has 1 aromatic carbocycles. The highest BCUT2D eigenvalue weighted by molar-refractivity contribution is 5.76. The number of hydrogen-bond donors (Lipinski definition) is 1. The molecule has 3 heteroatoms. The number of aromatic nitrogens is 2. The summed E-state index contributed by atoms with van der Waals surface area (Å²) in [5, 5.41) is 9.47. The molecule has 3 rings (SSSR count). The zero-order valence-electron chi connectivity index (χ0n) is 8.09. The van der Waals surface area contributed by atoms with Crippen LogP contribution in [-0.2, 0) is 6.42 Å². The Morgan fingerprint density at radius 2 is 1.87 bits per heavy atom. The zero-order valence-corrected chi connectivity index (χ0v) is 8.09. The van der Waals surface area contributed by atoms with E-state index in [4.69, 9.17) is 0 Å². The third-order valence-electron chi connectivity index (χ3n) is 2.55. The fourth-order valence-electron chi connectivity index (χ4n) is 1.80. The predicted octanol–water partition coefficient (Wildman–Crippen LogP) is 1.56. The zero-order chi connectivity index (χ0) is 10.3. The molecule has 0 saturated carbocycles. The second kappa shape index (κ2) is 3.14. The first-order valence-corrected chi connectivity index (χ1v) is 4.95. The molecule has 15 heavy (non-hydrogen) atoms.